The Labute approximate surface area is 102 Å². The first-order valence-electron chi connectivity index (χ1n) is 6.31. The van der Waals surface area contributed by atoms with Gasteiger partial charge in [-0.05, 0) is 63.4 Å². The van der Waals surface area contributed by atoms with Crippen molar-refractivity contribution < 1.29 is 9.50 Å². The van der Waals surface area contributed by atoms with Gasteiger partial charge in [-0.2, -0.15) is 0 Å². The summed E-state index contributed by atoms with van der Waals surface area (Å²) >= 11 is 0. The van der Waals surface area contributed by atoms with Crippen molar-refractivity contribution in [2.45, 2.75) is 25.7 Å². The fraction of sp³-hybridized carbons (Fsp3) is 0.571. The Morgan fingerprint density at radius 2 is 2.06 bits per heavy atom. The fourth-order valence-electron chi connectivity index (χ4n) is 2.46. The smallest absolute Gasteiger partial charge is 0.126 e. The van der Waals surface area contributed by atoms with Gasteiger partial charge in [0.2, 0.25) is 0 Å². The summed E-state index contributed by atoms with van der Waals surface area (Å²) in [7, 11) is 2.15. The number of aryl methyl sites for hydroxylation is 1. The van der Waals surface area contributed by atoms with E-state index in [4.69, 9.17) is 0 Å². The molecule has 1 aromatic rings. The third kappa shape index (κ3) is 3.43. The van der Waals surface area contributed by atoms with Crippen LogP contribution in [0.15, 0.2) is 18.2 Å². The van der Waals surface area contributed by atoms with Gasteiger partial charge in [-0.15, -0.1) is 0 Å². The van der Waals surface area contributed by atoms with Crippen molar-refractivity contribution in [2.24, 2.45) is 5.92 Å². The highest BCUT2D eigenvalue weighted by atomic mass is 19.1. The van der Waals surface area contributed by atoms with Crippen LogP contribution < -0.4 is 0 Å². The van der Waals surface area contributed by atoms with Gasteiger partial charge >= 0.3 is 0 Å². The van der Waals surface area contributed by atoms with Crippen LogP contribution in [-0.4, -0.2) is 30.1 Å². The van der Waals surface area contributed by atoms with E-state index in [-0.39, 0.29) is 11.6 Å². The summed E-state index contributed by atoms with van der Waals surface area (Å²) in [6, 6.07) is 4.31. The van der Waals surface area contributed by atoms with Crippen molar-refractivity contribution in [3.8, 4) is 5.75 Å². The molecule has 1 N–H and O–H groups in total. The predicted octanol–water partition coefficient (Wildman–Crippen LogP) is 2.81. The van der Waals surface area contributed by atoms with Gasteiger partial charge in [0.15, 0.2) is 0 Å². The molecule has 0 amide bonds. The number of hydrogen-bond donors (Lipinski definition) is 1. The molecular weight excluding hydrogens is 217 g/mol. The number of aromatic hydroxyl groups is 1. The zero-order valence-corrected chi connectivity index (χ0v) is 10.3. The van der Waals surface area contributed by atoms with Gasteiger partial charge in [0.25, 0.3) is 0 Å². The first kappa shape index (κ1) is 12.4. The Kier molecular flexibility index (Phi) is 4.00. The number of halogens is 1. The Morgan fingerprint density at radius 3 is 2.71 bits per heavy atom. The number of phenols is 1. The molecule has 0 aliphatic carbocycles. The van der Waals surface area contributed by atoms with Crippen molar-refractivity contribution in [3.05, 3.63) is 29.6 Å². The van der Waals surface area contributed by atoms with E-state index in [1.54, 1.807) is 6.07 Å². The standard InChI is InChI=1S/C14H20FNO/c1-16-8-6-11(7-9-16)2-3-12-4-5-13(15)10-14(12)17/h4-5,10-11,17H,2-3,6-9H2,1H3. The number of benzene rings is 1. The second-order valence-corrected chi connectivity index (χ2v) is 5.06. The van der Waals surface area contributed by atoms with E-state index >= 15 is 0 Å². The summed E-state index contributed by atoms with van der Waals surface area (Å²) in [6.07, 6.45) is 4.41. The van der Waals surface area contributed by atoms with E-state index in [2.05, 4.69) is 11.9 Å². The molecule has 2 rings (SSSR count). The zero-order valence-electron chi connectivity index (χ0n) is 10.3. The maximum atomic E-state index is 12.8. The molecule has 0 spiro atoms. The lowest BCUT2D eigenvalue weighted by Gasteiger charge is -2.28. The average molecular weight is 237 g/mol. The number of phenolic OH excluding ortho intramolecular Hbond substituents is 1. The van der Waals surface area contributed by atoms with Crippen LogP contribution in [-0.2, 0) is 6.42 Å². The molecule has 94 valence electrons. The Bertz CT molecular complexity index is 372. The lowest BCUT2D eigenvalue weighted by Crippen LogP contribution is -2.30. The van der Waals surface area contributed by atoms with Crippen LogP contribution in [0.25, 0.3) is 0 Å². The SMILES string of the molecule is CN1CCC(CCc2ccc(F)cc2O)CC1. The number of hydrogen-bond acceptors (Lipinski definition) is 2. The summed E-state index contributed by atoms with van der Waals surface area (Å²) in [5.74, 6) is 0.471. The summed E-state index contributed by atoms with van der Waals surface area (Å²) < 4.78 is 12.8. The van der Waals surface area contributed by atoms with Crippen LogP contribution in [0.5, 0.6) is 5.75 Å². The lowest BCUT2D eigenvalue weighted by molar-refractivity contribution is 0.212. The highest BCUT2D eigenvalue weighted by molar-refractivity contribution is 5.32. The van der Waals surface area contributed by atoms with Gasteiger partial charge in [0.1, 0.15) is 11.6 Å². The van der Waals surface area contributed by atoms with E-state index in [0.717, 1.165) is 24.3 Å². The highest BCUT2D eigenvalue weighted by Gasteiger charge is 2.16. The third-order valence-electron chi connectivity index (χ3n) is 3.71. The average Bonchev–Trinajstić information content (AvgIpc) is 2.30. The van der Waals surface area contributed by atoms with E-state index in [1.807, 2.05) is 0 Å². The molecule has 1 heterocycles. The maximum absolute atomic E-state index is 12.8. The van der Waals surface area contributed by atoms with Crippen LogP contribution in [0.3, 0.4) is 0 Å². The normalized spacial score (nSPS) is 18.5. The molecule has 0 bridgehead atoms. The number of rotatable bonds is 3. The van der Waals surface area contributed by atoms with Crippen LogP contribution in [0, 0.1) is 11.7 Å². The Hall–Kier alpha value is -1.09. The third-order valence-corrected chi connectivity index (χ3v) is 3.71. The summed E-state index contributed by atoms with van der Waals surface area (Å²) in [5, 5.41) is 9.61. The molecule has 1 aromatic carbocycles. The van der Waals surface area contributed by atoms with Crippen LogP contribution in [0.1, 0.15) is 24.8 Å². The largest absolute Gasteiger partial charge is 0.508 e. The topological polar surface area (TPSA) is 23.5 Å². The number of piperidine rings is 1. The van der Waals surface area contributed by atoms with Crippen molar-refractivity contribution in [2.75, 3.05) is 20.1 Å². The molecule has 1 saturated heterocycles. The second-order valence-electron chi connectivity index (χ2n) is 5.06. The number of likely N-dealkylation sites (tertiary alicyclic amines) is 1. The van der Waals surface area contributed by atoms with Gasteiger partial charge in [-0.25, -0.2) is 4.39 Å². The van der Waals surface area contributed by atoms with E-state index < -0.39 is 0 Å². The van der Waals surface area contributed by atoms with Gasteiger partial charge in [-0.1, -0.05) is 6.07 Å². The van der Waals surface area contributed by atoms with Crippen LogP contribution >= 0.6 is 0 Å². The second kappa shape index (κ2) is 5.50. The lowest BCUT2D eigenvalue weighted by atomic mass is 9.90. The monoisotopic (exact) mass is 237 g/mol. The van der Waals surface area contributed by atoms with E-state index in [9.17, 15) is 9.50 Å². The van der Waals surface area contributed by atoms with E-state index in [0.29, 0.717) is 0 Å². The molecule has 1 aliphatic heterocycles. The number of nitrogens with zero attached hydrogens (tertiary/aromatic N) is 1. The van der Waals surface area contributed by atoms with Crippen molar-refractivity contribution in [1.82, 2.24) is 4.90 Å². The fourth-order valence-corrected chi connectivity index (χ4v) is 2.46. The highest BCUT2D eigenvalue weighted by Crippen LogP contribution is 2.25. The van der Waals surface area contributed by atoms with Crippen molar-refractivity contribution >= 4 is 0 Å². The maximum Gasteiger partial charge on any atom is 0.126 e. The first-order valence-corrected chi connectivity index (χ1v) is 6.31. The molecule has 1 aliphatic rings. The van der Waals surface area contributed by atoms with Crippen LogP contribution in [0.2, 0.25) is 0 Å². The molecule has 0 atom stereocenters. The zero-order chi connectivity index (χ0) is 12.3. The van der Waals surface area contributed by atoms with Gasteiger partial charge in [0, 0.05) is 6.07 Å². The molecule has 2 nitrogen and oxygen atoms in total. The summed E-state index contributed by atoms with van der Waals surface area (Å²) in [5.41, 5.74) is 0.866. The molecule has 1 fully saturated rings. The molecule has 0 saturated carbocycles. The molecular formula is C14H20FNO. The quantitative estimate of drug-likeness (QED) is 0.873. The predicted molar refractivity (Wildman–Crippen MR) is 66.6 cm³/mol. The van der Waals surface area contributed by atoms with Crippen LogP contribution in [0.4, 0.5) is 4.39 Å². The Morgan fingerprint density at radius 1 is 1.35 bits per heavy atom. The molecule has 3 heteroatoms. The summed E-state index contributed by atoms with van der Waals surface area (Å²) in [4.78, 5) is 2.35. The van der Waals surface area contributed by atoms with Crippen molar-refractivity contribution in [3.63, 3.8) is 0 Å². The molecule has 0 unspecified atom stereocenters. The van der Waals surface area contributed by atoms with Gasteiger partial charge < -0.3 is 10.0 Å². The minimum atomic E-state index is -0.370. The summed E-state index contributed by atoms with van der Waals surface area (Å²) in [6.45, 7) is 2.33. The van der Waals surface area contributed by atoms with Crippen molar-refractivity contribution in [1.29, 1.82) is 0 Å². The minimum absolute atomic E-state index is 0.0953. The molecule has 17 heavy (non-hydrogen) atoms. The first-order chi connectivity index (χ1) is 8.15. The van der Waals surface area contributed by atoms with Gasteiger partial charge in [-0.3, -0.25) is 0 Å². The van der Waals surface area contributed by atoms with E-state index in [1.165, 1.54) is 38.1 Å². The molecule has 0 aromatic heterocycles. The Balaban J connectivity index is 1.85. The molecule has 0 radical (unpaired) electrons. The minimum Gasteiger partial charge on any atom is -0.508 e. The van der Waals surface area contributed by atoms with Gasteiger partial charge in [0.05, 0.1) is 0 Å².